The first-order chi connectivity index (χ1) is 9.45. The Hall–Kier alpha value is -0.820. The average Bonchev–Trinajstić information content (AvgIpc) is 2.41. The quantitative estimate of drug-likeness (QED) is 0.738. The highest BCUT2D eigenvalue weighted by Crippen LogP contribution is 2.54. The Bertz CT molecular complexity index is 494. The van der Waals surface area contributed by atoms with Crippen molar-refractivity contribution in [2.75, 3.05) is 13.6 Å². The maximum atomic E-state index is 2.62. The van der Waals surface area contributed by atoms with Crippen LogP contribution >= 0.6 is 0 Å². The highest BCUT2D eigenvalue weighted by Gasteiger charge is 2.53. The molecule has 2 aliphatic rings. The predicted octanol–water partition coefficient (Wildman–Crippen LogP) is 4.25. The second-order valence-electron chi connectivity index (χ2n) is 7.58. The third-order valence-corrected chi connectivity index (χ3v) is 6.52. The fraction of sp³-hybridized carbons (Fsp3) is 0.684. The summed E-state index contributed by atoms with van der Waals surface area (Å²) in [6.07, 6.45) is 2.69. The summed E-state index contributed by atoms with van der Waals surface area (Å²) in [5.41, 5.74) is 3.42. The van der Waals surface area contributed by atoms with Crippen LogP contribution in [0.15, 0.2) is 24.3 Å². The van der Waals surface area contributed by atoms with Gasteiger partial charge in [-0.15, -0.1) is 0 Å². The van der Waals surface area contributed by atoms with Crippen molar-refractivity contribution in [2.24, 2.45) is 17.8 Å². The first kappa shape index (κ1) is 14.1. The second kappa shape index (κ2) is 4.87. The third-order valence-electron chi connectivity index (χ3n) is 6.52. The topological polar surface area (TPSA) is 3.24 Å². The molecule has 2 bridgehead atoms. The van der Waals surface area contributed by atoms with Crippen molar-refractivity contribution < 1.29 is 0 Å². The van der Waals surface area contributed by atoms with Gasteiger partial charge in [-0.05, 0) is 56.7 Å². The highest BCUT2D eigenvalue weighted by atomic mass is 15.2. The van der Waals surface area contributed by atoms with Gasteiger partial charge < -0.3 is 4.90 Å². The molecule has 5 atom stereocenters. The monoisotopic (exact) mass is 271 g/mol. The minimum Gasteiger partial charge on any atom is -0.303 e. The molecule has 0 radical (unpaired) electrons. The molecule has 1 heterocycles. The lowest BCUT2D eigenvalue weighted by molar-refractivity contribution is -0.0458. The van der Waals surface area contributed by atoms with E-state index in [1.54, 1.807) is 5.56 Å². The Morgan fingerprint density at radius 1 is 1.20 bits per heavy atom. The number of likely N-dealkylation sites (tertiary alicyclic amines) is 1. The van der Waals surface area contributed by atoms with Crippen molar-refractivity contribution in [3.8, 4) is 0 Å². The summed E-state index contributed by atoms with van der Waals surface area (Å²) in [5.74, 6) is 2.39. The summed E-state index contributed by atoms with van der Waals surface area (Å²) in [6, 6.07) is 10.1. The molecule has 1 aromatic rings. The van der Waals surface area contributed by atoms with Gasteiger partial charge in [-0.3, -0.25) is 0 Å². The average molecular weight is 271 g/mol. The van der Waals surface area contributed by atoms with Crippen LogP contribution in [-0.4, -0.2) is 24.5 Å². The maximum absolute atomic E-state index is 2.62. The van der Waals surface area contributed by atoms with E-state index in [2.05, 4.69) is 63.9 Å². The Labute approximate surface area is 124 Å². The SMILES string of the molecule is Cc1cccc([C@@]23CCN(C)[C@@H](C(C)C(C)C2)C3C)c1. The number of piperidine rings is 1. The molecule has 1 aliphatic carbocycles. The molecule has 3 unspecified atom stereocenters. The number of aryl methyl sites for hydroxylation is 1. The molecule has 1 aromatic carbocycles. The molecule has 3 rings (SSSR count). The number of benzene rings is 1. The summed E-state index contributed by atoms with van der Waals surface area (Å²) in [4.78, 5) is 2.62. The number of nitrogens with zero attached hydrogens (tertiary/aromatic N) is 1. The van der Waals surface area contributed by atoms with Gasteiger partial charge in [0.2, 0.25) is 0 Å². The molecule has 1 aliphatic heterocycles. The number of rotatable bonds is 1. The van der Waals surface area contributed by atoms with E-state index in [1.807, 2.05) is 0 Å². The van der Waals surface area contributed by atoms with Crippen LogP contribution in [0.2, 0.25) is 0 Å². The molecule has 1 nitrogen and oxygen atoms in total. The summed E-state index contributed by atoms with van der Waals surface area (Å²) in [5, 5.41) is 0. The van der Waals surface area contributed by atoms with Crippen molar-refractivity contribution >= 4 is 0 Å². The highest BCUT2D eigenvalue weighted by molar-refractivity contribution is 5.33. The van der Waals surface area contributed by atoms with Crippen LogP contribution < -0.4 is 0 Å². The van der Waals surface area contributed by atoms with Gasteiger partial charge in [-0.2, -0.15) is 0 Å². The Kier molecular flexibility index (Phi) is 3.44. The molecule has 1 heteroatoms. The van der Waals surface area contributed by atoms with Crippen LogP contribution in [0, 0.1) is 24.7 Å². The van der Waals surface area contributed by atoms with E-state index in [0.29, 0.717) is 5.41 Å². The maximum Gasteiger partial charge on any atom is 0.0154 e. The number of fused-ring (bicyclic) bond motifs is 2. The zero-order valence-corrected chi connectivity index (χ0v) is 13.7. The third kappa shape index (κ3) is 1.94. The van der Waals surface area contributed by atoms with Gasteiger partial charge in [-0.1, -0.05) is 50.6 Å². The lowest BCUT2D eigenvalue weighted by Crippen LogP contribution is -2.61. The van der Waals surface area contributed by atoms with Gasteiger partial charge in [0.1, 0.15) is 0 Å². The van der Waals surface area contributed by atoms with E-state index in [-0.39, 0.29) is 0 Å². The van der Waals surface area contributed by atoms with E-state index in [0.717, 1.165) is 23.8 Å². The van der Waals surface area contributed by atoms with Crippen molar-refractivity contribution in [1.82, 2.24) is 4.90 Å². The summed E-state index contributed by atoms with van der Waals surface area (Å²) >= 11 is 0. The summed E-state index contributed by atoms with van der Waals surface area (Å²) in [6.45, 7) is 10.9. The number of hydrogen-bond donors (Lipinski definition) is 0. The van der Waals surface area contributed by atoms with Gasteiger partial charge >= 0.3 is 0 Å². The van der Waals surface area contributed by atoms with E-state index < -0.39 is 0 Å². The minimum atomic E-state index is 0.412. The lowest BCUT2D eigenvalue weighted by Gasteiger charge is -2.59. The van der Waals surface area contributed by atoms with Crippen LogP contribution in [0.3, 0.4) is 0 Å². The molecule has 0 spiro atoms. The second-order valence-corrected chi connectivity index (χ2v) is 7.58. The molecule has 0 aromatic heterocycles. The minimum absolute atomic E-state index is 0.412. The molecule has 0 amide bonds. The molecular formula is C19H29N. The molecule has 110 valence electrons. The fourth-order valence-electron chi connectivity index (χ4n) is 5.18. The van der Waals surface area contributed by atoms with Crippen molar-refractivity contribution in [3.63, 3.8) is 0 Å². The molecule has 20 heavy (non-hydrogen) atoms. The molecule has 2 fully saturated rings. The Morgan fingerprint density at radius 3 is 2.65 bits per heavy atom. The molecule has 1 saturated carbocycles. The van der Waals surface area contributed by atoms with E-state index in [9.17, 15) is 0 Å². The lowest BCUT2D eigenvalue weighted by atomic mass is 9.52. The van der Waals surface area contributed by atoms with Crippen LogP contribution in [-0.2, 0) is 5.41 Å². The van der Waals surface area contributed by atoms with Crippen LogP contribution in [0.25, 0.3) is 0 Å². The molecule has 1 saturated heterocycles. The molecular weight excluding hydrogens is 242 g/mol. The van der Waals surface area contributed by atoms with Crippen molar-refractivity contribution in [3.05, 3.63) is 35.4 Å². The van der Waals surface area contributed by atoms with Gasteiger partial charge in [0.05, 0.1) is 0 Å². The van der Waals surface area contributed by atoms with Gasteiger partial charge in [0.25, 0.3) is 0 Å². The zero-order chi connectivity index (χ0) is 14.5. The predicted molar refractivity (Wildman–Crippen MR) is 86.0 cm³/mol. The van der Waals surface area contributed by atoms with Gasteiger partial charge in [0, 0.05) is 11.5 Å². The van der Waals surface area contributed by atoms with E-state index >= 15 is 0 Å². The van der Waals surface area contributed by atoms with Crippen LogP contribution in [0.4, 0.5) is 0 Å². The Balaban J connectivity index is 2.07. The van der Waals surface area contributed by atoms with Crippen LogP contribution in [0.5, 0.6) is 0 Å². The smallest absolute Gasteiger partial charge is 0.0154 e. The van der Waals surface area contributed by atoms with Gasteiger partial charge in [0.15, 0.2) is 0 Å². The first-order valence-electron chi connectivity index (χ1n) is 8.23. The summed E-state index contributed by atoms with van der Waals surface area (Å²) < 4.78 is 0. The van der Waals surface area contributed by atoms with Crippen LogP contribution in [0.1, 0.15) is 44.7 Å². The standard InChI is InChI=1S/C19H29N/c1-13-7-6-8-17(11-13)19-9-10-20(5)18(16(19)4)15(3)14(2)12-19/h6-8,11,14-16,18H,9-10,12H2,1-5H3/t14?,15?,16?,18-,19-/m0/s1. The summed E-state index contributed by atoms with van der Waals surface area (Å²) in [7, 11) is 2.33. The van der Waals surface area contributed by atoms with E-state index in [4.69, 9.17) is 0 Å². The first-order valence-corrected chi connectivity index (χ1v) is 8.23. The largest absolute Gasteiger partial charge is 0.303 e. The normalized spacial score (nSPS) is 41.6. The van der Waals surface area contributed by atoms with Crippen molar-refractivity contribution in [1.29, 1.82) is 0 Å². The zero-order valence-electron chi connectivity index (χ0n) is 13.7. The van der Waals surface area contributed by atoms with Gasteiger partial charge in [-0.25, -0.2) is 0 Å². The number of hydrogen-bond acceptors (Lipinski definition) is 1. The van der Waals surface area contributed by atoms with E-state index in [1.165, 1.54) is 24.9 Å². The van der Waals surface area contributed by atoms with Crippen molar-refractivity contribution in [2.45, 2.75) is 52.0 Å². The fourth-order valence-corrected chi connectivity index (χ4v) is 5.18. The Morgan fingerprint density at radius 2 is 1.95 bits per heavy atom. The molecule has 0 N–H and O–H groups in total.